The molecule has 0 atom stereocenters. The first-order valence-corrected chi connectivity index (χ1v) is 12.7. The van der Waals surface area contributed by atoms with Crippen molar-refractivity contribution >= 4 is 0 Å². The molecular weight excluding hydrogens is 400 g/mol. The highest BCUT2D eigenvalue weighted by Crippen LogP contribution is 2.37. The average molecular weight is 437 g/mol. The molecule has 170 valence electrons. The summed E-state index contributed by atoms with van der Waals surface area (Å²) in [7, 11) is 0. The Labute approximate surface area is 200 Å². The molecule has 33 heavy (non-hydrogen) atoms. The van der Waals surface area contributed by atoms with Crippen molar-refractivity contribution in [3.8, 4) is 28.7 Å². The monoisotopic (exact) mass is 436 g/mol. The van der Waals surface area contributed by atoms with Crippen molar-refractivity contribution in [2.75, 3.05) is 6.61 Å². The van der Waals surface area contributed by atoms with Gasteiger partial charge in [0, 0.05) is 11.1 Å². The van der Waals surface area contributed by atoms with Gasteiger partial charge in [-0.3, -0.25) is 0 Å². The predicted molar refractivity (Wildman–Crippen MR) is 140 cm³/mol. The fourth-order valence-electron chi connectivity index (χ4n) is 4.89. The Morgan fingerprint density at radius 2 is 1.21 bits per heavy atom. The van der Waals surface area contributed by atoms with E-state index in [1.54, 1.807) is 0 Å². The minimum absolute atomic E-state index is 0.736. The molecule has 1 saturated carbocycles. The van der Waals surface area contributed by atoms with Crippen molar-refractivity contribution < 1.29 is 4.74 Å². The minimum atomic E-state index is 0.736. The Kier molecular flexibility index (Phi) is 8.26. The van der Waals surface area contributed by atoms with Crippen LogP contribution in [-0.2, 0) is 0 Å². The highest BCUT2D eigenvalue weighted by atomic mass is 16.5. The van der Waals surface area contributed by atoms with Gasteiger partial charge in [-0.2, -0.15) is 0 Å². The van der Waals surface area contributed by atoms with Gasteiger partial charge < -0.3 is 4.74 Å². The quantitative estimate of drug-likeness (QED) is 0.337. The Morgan fingerprint density at radius 3 is 1.76 bits per heavy atom. The fraction of sp³-hybridized carbons (Fsp3) is 0.375. The smallest absolute Gasteiger partial charge is 0.119 e. The lowest BCUT2D eigenvalue weighted by Gasteiger charge is -2.28. The van der Waals surface area contributed by atoms with Gasteiger partial charge in [0.15, 0.2) is 0 Å². The molecule has 3 aromatic rings. The van der Waals surface area contributed by atoms with Gasteiger partial charge in [-0.25, -0.2) is 0 Å². The van der Waals surface area contributed by atoms with Crippen LogP contribution in [0.5, 0.6) is 5.75 Å². The van der Waals surface area contributed by atoms with Crippen LogP contribution in [0.25, 0.3) is 11.1 Å². The molecule has 4 rings (SSSR count). The SMILES string of the molecule is CCCOc1ccc(-c2ccc(C#Cc3ccc([C@H]4CC[C@H](CCC)CC4)cc3)cc2)cc1. The highest BCUT2D eigenvalue weighted by molar-refractivity contribution is 5.65. The molecule has 1 nitrogen and oxygen atoms in total. The van der Waals surface area contributed by atoms with Gasteiger partial charge in [0.05, 0.1) is 6.61 Å². The molecule has 1 aliphatic rings. The molecule has 0 radical (unpaired) electrons. The van der Waals surface area contributed by atoms with Gasteiger partial charge in [0.2, 0.25) is 0 Å². The summed E-state index contributed by atoms with van der Waals surface area (Å²) in [5.41, 5.74) is 6.01. The zero-order valence-corrected chi connectivity index (χ0v) is 20.1. The molecule has 3 aromatic carbocycles. The Morgan fingerprint density at radius 1 is 0.667 bits per heavy atom. The molecule has 0 N–H and O–H groups in total. The van der Waals surface area contributed by atoms with Gasteiger partial charge in [0.25, 0.3) is 0 Å². The number of hydrogen-bond donors (Lipinski definition) is 0. The number of benzene rings is 3. The van der Waals surface area contributed by atoms with Crippen LogP contribution in [0.2, 0.25) is 0 Å². The van der Waals surface area contributed by atoms with E-state index in [2.05, 4.69) is 86.4 Å². The van der Waals surface area contributed by atoms with Crippen LogP contribution in [0.4, 0.5) is 0 Å². The fourth-order valence-corrected chi connectivity index (χ4v) is 4.89. The van der Waals surface area contributed by atoms with Gasteiger partial charge in [0.1, 0.15) is 5.75 Å². The lowest BCUT2D eigenvalue weighted by Crippen LogP contribution is -2.13. The molecule has 1 heteroatoms. The van der Waals surface area contributed by atoms with E-state index in [0.717, 1.165) is 41.7 Å². The third-order valence-electron chi connectivity index (χ3n) is 6.82. The number of ether oxygens (including phenoxy) is 1. The van der Waals surface area contributed by atoms with Crippen molar-refractivity contribution in [2.45, 2.75) is 64.7 Å². The summed E-state index contributed by atoms with van der Waals surface area (Å²) in [6.07, 6.45) is 9.23. The largest absolute Gasteiger partial charge is 0.494 e. The molecule has 0 heterocycles. The maximum absolute atomic E-state index is 5.68. The normalized spacial score (nSPS) is 17.8. The summed E-state index contributed by atoms with van der Waals surface area (Å²) in [6, 6.07) is 25.8. The van der Waals surface area contributed by atoms with Crippen LogP contribution < -0.4 is 4.74 Å². The summed E-state index contributed by atoms with van der Waals surface area (Å²) in [6.45, 7) is 5.19. The van der Waals surface area contributed by atoms with Crippen LogP contribution in [0.15, 0.2) is 72.8 Å². The first-order valence-electron chi connectivity index (χ1n) is 12.7. The Hall–Kier alpha value is -2.98. The van der Waals surface area contributed by atoms with Crippen molar-refractivity contribution in [3.63, 3.8) is 0 Å². The molecule has 0 unspecified atom stereocenters. The highest BCUT2D eigenvalue weighted by Gasteiger charge is 2.21. The van der Waals surface area contributed by atoms with E-state index in [9.17, 15) is 0 Å². The molecule has 0 aromatic heterocycles. The second-order valence-corrected chi connectivity index (χ2v) is 9.33. The zero-order valence-electron chi connectivity index (χ0n) is 20.1. The first kappa shape index (κ1) is 23.2. The average Bonchev–Trinajstić information content (AvgIpc) is 2.88. The lowest BCUT2D eigenvalue weighted by molar-refractivity contribution is 0.308. The van der Waals surface area contributed by atoms with E-state index in [4.69, 9.17) is 4.74 Å². The molecule has 0 spiro atoms. The minimum Gasteiger partial charge on any atom is -0.494 e. The third-order valence-corrected chi connectivity index (χ3v) is 6.82. The van der Waals surface area contributed by atoms with Gasteiger partial charge >= 0.3 is 0 Å². The van der Waals surface area contributed by atoms with Crippen molar-refractivity contribution in [2.24, 2.45) is 5.92 Å². The van der Waals surface area contributed by atoms with E-state index < -0.39 is 0 Å². The van der Waals surface area contributed by atoms with Gasteiger partial charge in [-0.05, 0) is 97.0 Å². The van der Waals surface area contributed by atoms with Crippen molar-refractivity contribution in [3.05, 3.63) is 89.5 Å². The summed E-state index contributed by atoms with van der Waals surface area (Å²) in [5, 5.41) is 0. The van der Waals surface area contributed by atoms with E-state index in [-0.39, 0.29) is 0 Å². The third kappa shape index (κ3) is 6.52. The summed E-state index contributed by atoms with van der Waals surface area (Å²) in [4.78, 5) is 0. The van der Waals surface area contributed by atoms with E-state index in [1.165, 1.54) is 55.2 Å². The van der Waals surface area contributed by atoms with Crippen molar-refractivity contribution in [1.82, 2.24) is 0 Å². The van der Waals surface area contributed by atoms with Crippen LogP contribution in [0.1, 0.15) is 81.4 Å². The summed E-state index contributed by atoms with van der Waals surface area (Å²) >= 11 is 0. The van der Waals surface area contributed by atoms with Gasteiger partial charge in [-0.1, -0.05) is 74.9 Å². The zero-order chi connectivity index (χ0) is 22.9. The molecule has 0 aliphatic heterocycles. The molecule has 1 aliphatic carbocycles. The molecule has 0 saturated heterocycles. The Balaban J connectivity index is 1.34. The predicted octanol–water partition coefficient (Wildman–Crippen LogP) is 8.62. The summed E-state index contributed by atoms with van der Waals surface area (Å²) < 4.78 is 5.68. The molecular formula is C32H36O. The van der Waals surface area contributed by atoms with Crippen LogP contribution >= 0.6 is 0 Å². The van der Waals surface area contributed by atoms with E-state index in [0.29, 0.717) is 0 Å². The van der Waals surface area contributed by atoms with Crippen LogP contribution in [-0.4, -0.2) is 6.61 Å². The van der Waals surface area contributed by atoms with E-state index in [1.807, 2.05) is 12.1 Å². The Bertz CT molecular complexity index is 1040. The molecule has 0 amide bonds. The molecule has 0 bridgehead atoms. The number of hydrogen-bond acceptors (Lipinski definition) is 1. The van der Waals surface area contributed by atoms with Crippen LogP contribution in [0, 0.1) is 17.8 Å². The van der Waals surface area contributed by atoms with Crippen molar-refractivity contribution in [1.29, 1.82) is 0 Å². The lowest BCUT2D eigenvalue weighted by atomic mass is 9.77. The van der Waals surface area contributed by atoms with E-state index >= 15 is 0 Å². The standard InChI is InChI=1S/C32H36O/c1-3-5-25-8-14-28(15-9-25)29-16-10-26(11-17-29)6-7-27-12-18-30(19-13-27)31-20-22-32(23-21-31)33-24-4-2/h10-13,16-23,25,28H,3-5,8-9,14-15,24H2,1-2H3/t25-,28-. The summed E-state index contributed by atoms with van der Waals surface area (Å²) in [5.74, 6) is 9.28. The number of rotatable bonds is 7. The first-order chi connectivity index (χ1) is 16.2. The van der Waals surface area contributed by atoms with Gasteiger partial charge in [-0.15, -0.1) is 0 Å². The maximum atomic E-state index is 5.68. The molecule has 1 fully saturated rings. The second-order valence-electron chi connectivity index (χ2n) is 9.33. The topological polar surface area (TPSA) is 9.23 Å². The van der Waals surface area contributed by atoms with Crippen LogP contribution in [0.3, 0.4) is 0 Å². The second kappa shape index (κ2) is 11.8. The maximum Gasteiger partial charge on any atom is 0.119 e.